The molecule has 0 heterocycles. The number of halogens is 1. The zero-order valence-electron chi connectivity index (χ0n) is 14.6. The third-order valence-electron chi connectivity index (χ3n) is 3.74. The number of nitrogens with one attached hydrogen (secondary N) is 1. The van der Waals surface area contributed by atoms with E-state index in [2.05, 4.69) is 5.32 Å². The van der Waals surface area contributed by atoms with E-state index < -0.39 is 15.0 Å². The topological polar surface area (TPSA) is 116 Å². The van der Waals surface area contributed by atoms with Gasteiger partial charge in [-0.05, 0) is 54.6 Å². The van der Waals surface area contributed by atoms with Crippen molar-refractivity contribution in [3.63, 3.8) is 0 Å². The van der Waals surface area contributed by atoms with Gasteiger partial charge in [-0.2, -0.15) is 8.42 Å². The van der Waals surface area contributed by atoms with E-state index in [1.807, 2.05) is 0 Å². The van der Waals surface area contributed by atoms with Gasteiger partial charge in [-0.1, -0.05) is 17.7 Å². The van der Waals surface area contributed by atoms with Gasteiger partial charge in [-0.25, -0.2) is 0 Å². The van der Waals surface area contributed by atoms with E-state index in [4.69, 9.17) is 15.8 Å². The molecule has 3 rings (SSSR count). The molecule has 0 fully saturated rings. The molecule has 0 aromatic heterocycles. The first-order chi connectivity index (χ1) is 13.7. The van der Waals surface area contributed by atoms with Crippen LogP contribution in [-0.4, -0.2) is 19.2 Å². The van der Waals surface area contributed by atoms with E-state index in [0.717, 1.165) is 6.07 Å². The summed E-state index contributed by atoms with van der Waals surface area (Å²) in [5.41, 5.74) is 0.470. The van der Waals surface area contributed by atoms with Crippen LogP contribution < -0.4 is 9.50 Å². The molecule has 1 N–H and O–H groups in total. The standard InChI is InChI=1S/C19H13ClN2O6S/c20-14-6-4-13(5-7-14)19(23)21-15-8-10-18(11-9-15)29(26,27)28-17-3-1-2-16(12-17)22(24)25/h1-12H,(H,21,23). The summed E-state index contributed by atoms with van der Waals surface area (Å²) in [6, 6.07) is 16.4. The van der Waals surface area contributed by atoms with Crippen molar-refractivity contribution in [3.05, 3.63) is 93.5 Å². The Morgan fingerprint density at radius 3 is 2.28 bits per heavy atom. The lowest BCUT2D eigenvalue weighted by Crippen LogP contribution is -2.13. The molecule has 10 heteroatoms. The Bertz CT molecular complexity index is 1160. The van der Waals surface area contributed by atoms with E-state index in [1.165, 1.54) is 42.5 Å². The Morgan fingerprint density at radius 2 is 1.66 bits per heavy atom. The molecule has 3 aromatic carbocycles. The average Bonchev–Trinajstić information content (AvgIpc) is 2.68. The maximum absolute atomic E-state index is 12.4. The fraction of sp³-hybridized carbons (Fsp3) is 0. The smallest absolute Gasteiger partial charge is 0.339 e. The number of carbonyl (C=O) groups excluding carboxylic acids is 1. The SMILES string of the molecule is O=C(Nc1ccc(S(=O)(=O)Oc2cccc([N+](=O)[O-])c2)cc1)c1ccc(Cl)cc1. The van der Waals surface area contributed by atoms with Gasteiger partial charge in [-0.3, -0.25) is 14.9 Å². The normalized spacial score (nSPS) is 10.9. The van der Waals surface area contributed by atoms with Crippen molar-refractivity contribution >= 4 is 39.0 Å². The number of amides is 1. The Labute approximate surface area is 171 Å². The molecule has 8 nitrogen and oxygen atoms in total. The Kier molecular flexibility index (Phi) is 5.81. The van der Waals surface area contributed by atoms with Crippen LogP contribution in [-0.2, 0) is 10.1 Å². The molecule has 0 atom stereocenters. The maximum Gasteiger partial charge on any atom is 0.339 e. The second-order valence-electron chi connectivity index (χ2n) is 5.78. The summed E-state index contributed by atoms with van der Waals surface area (Å²) in [5, 5.41) is 13.9. The predicted molar refractivity (Wildman–Crippen MR) is 107 cm³/mol. The number of nitro benzene ring substituents is 1. The number of hydrogen-bond acceptors (Lipinski definition) is 6. The molecule has 0 saturated carbocycles. The molecule has 0 aliphatic carbocycles. The number of nitro groups is 1. The van der Waals surface area contributed by atoms with Crippen molar-refractivity contribution in [3.8, 4) is 5.75 Å². The van der Waals surface area contributed by atoms with Gasteiger partial charge < -0.3 is 9.50 Å². The first-order valence-corrected chi connectivity index (χ1v) is 9.89. The molecule has 3 aromatic rings. The minimum absolute atomic E-state index is 0.173. The van der Waals surface area contributed by atoms with Crippen molar-refractivity contribution in [2.24, 2.45) is 0 Å². The fourth-order valence-electron chi connectivity index (χ4n) is 2.33. The third-order valence-corrected chi connectivity index (χ3v) is 5.25. The highest BCUT2D eigenvalue weighted by molar-refractivity contribution is 7.87. The number of rotatable bonds is 6. The fourth-order valence-corrected chi connectivity index (χ4v) is 3.38. The highest BCUT2D eigenvalue weighted by atomic mass is 35.5. The minimum atomic E-state index is -4.21. The molecular weight excluding hydrogens is 420 g/mol. The van der Waals surface area contributed by atoms with E-state index in [0.29, 0.717) is 16.3 Å². The second-order valence-corrected chi connectivity index (χ2v) is 7.76. The first-order valence-electron chi connectivity index (χ1n) is 8.10. The molecule has 0 bridgehead atoms. The first kappa shape index (κ1) is 20.3. The molecule has 29 heavy (non-hydrogen) atoms. The molecule has 0 aliphatic heterocycles. The quantitative estimate of drug-likeness (QED) is 0.353. The van der Waals surface area contributed by atoms with Gasteiger partial charge in [-0.15, -0.1) is 0 Å². The highest BCUT2D eigenvalue weighted by Crippen LogP contribution is 2.24. The molecule has 148 valence electrons. The summed E-state index contributed by atoms with van der Waals surface area (Å²) in [6.07, 6.45) is 0. The molecule has 1 amide bonds. The van der Waals surface area contributed by atoms with E-state index in [9.17, 15) is 23.3 Å². The van der Waals surface area contributed by atoms with E-state index in [-0.39, 0.29) is 22.2 Å². The Balaban J connectivity index is 1.73. The van der Waals surface area contributed by atoms with E-state index >= 15 is 0 Å². The lowest BCUT2D eigenvalue weighted by molar-refractivity contribution is -0.384. The van der Waals surface area contributed by atoms with Gasteiger partial charge >= 0.3 is 10.1 Å². The van der Waals surface area contributed by atoms with Crippen LogP contribution in [0.25, 0.3) is 0 Å². The highest BCUT2D eigenvalue weighted by Gasteiger charge is 2.18. The predicted octanol–water partition coefficient (Wildman–Crippen LogP) is 4.27. The van der Waals surface area contributed by atoms with Crippen molar-refractivity contribution in [2.45, 2.75) is 4.90 Å². The summed E-state index contributed by atoms with van der Waals surface area (Å²) in [4.78, 5) is 22.1. The number of non-ortho nitro benzene ring substituents is 1. The van der Waals surface area contributed by atoms with Crippen molar-refractivity contribution in [2.75, 3.05) is 5.32 Å². The number of hydrogen-bond donors (Lipinski definition) is 1. The van der Waals surface area contributed by atoms with Crippen LogP contribution in [0, 0.1) is 10.1 Å². The van der Waals surface area contributed by atoms with Crippen LogP contribution in [0.4, 0.5) is 11.4 Å². The van der Waals surface area contributed by atoms with Crippen LogP contribution >= 0.6 is 11.6 Å². The Morgan fingerprint density at radius 1 is 1.00 bits per heavy atom. The van der Waals surface area contributed by atoms with Gasteiger partial charge in [0, 0.05) is 22.3 Å². The van der Waals surface area contributed by atoms with Crippen LogP contribution in [0.3, 0.4) is 0 Å². The summed E-state index contributed by atoms with van der Waals surface area (Å²) < 4.78 is 29.7. The minimum Gasteiger partial charge on any atom is -0.379 e. The number of carbonyl (C=O) groups is 1. The zero-order valence-corrected chi connectivity index (χ0v) is 16.2. The number of nitrogens with zero attached hydrogens (tertiary/aromatic N) is 1. The summed E-state index contributed by atoms with van der Waals surface area (Å²) in [7, 11) is -4.21. The monoisotopic (exact) mass is 432 g/mol. The average molecular weight is 433 g/mol. The third kappa shape index (κ3) is 5.09. The summed E-state index contributed by atoms with van der Waals surface area (Å²) >= 11 is 5.79. The van der Waals surface area contributed by atoms with Gasteiger partial charge in [0.05, 0.1) is 11.0 Å². The van der Waals surface area contributed by atoms with Crippen molar-refractivity contribution in [1.29, 1.82) is 0 Å². The summed E-state index contributed by atoms with van der Waals surface area (Å²) in [5.74, 6) is -0.565. The lowest BCUT2D eigenvalue weighted by atomic mass is 10.2. The molecule has 0 spiro atoms. The summed E-state index contributed by atoms with van der Waals surface area (Å²) in [6.45, 7) is 0. The van der Waals surface area contributed by atoms with Gasteiger partial charge in [0.2, 0.25) is 0 Å². The number of benzene rings is 3. The van der Waals surface area contributed by atoms with Crippen molar-refractivity contribution in [1.82, 2.24) is 0 Å². The van der Waals surface area contributed by atoms with Gasteiger partial charge in [0.15, 0.2) is 0 Å². The second kappa shape index (κ2) is 8.29. The maximum atomic E-state index is 12.4. The molecular formula is C19H13ClN2O6S. The molecule has 0 aliphatic rings. The van der Waals surface area contributed by atoms with Crippen LogP contribution in [0.15, 0.2) is 77.7 Å². The van der Waals surface area contributed by atoms with Crippen LogP contribution in [0.2, 0.25) is 5.02 Å². The van der Waals surface area contributed by atoms with E-state index in [1.54, 1.807) is 24.3 Å². The zero-order chi connectivity index (χ0) is 21.0. The van der Waals surface area contributed by atoms with Crippen LogP contribution in [0.1, 0.15) is 10.4 Å². The van der Waals surface area contributed by atoms with Crippen LogP contribution in [0.5, 0.6) is 5.75 Å². The van der Waals surface area contributed by atoms with Crippen molar-refractivity contribution < 1.29 is 22.3 Å². The van der Waals surface area contributed by atoms with Gasteiger partial charge in [0.25, 0.3) is 11.6 Å². The number of anilines is 1. The molecule has 0 radical (unpaired) electrons. The van der Waals surface area contributed by atoms with Gasteiger partial charge in [0.1, 0.15) is 10.6 Å². The molecule has 0 unspecified atom stereocenters. The largest absolute Gasteiger partial charge is 0.379 e. The molecule has 0 saturated heterocycles. The Hall–Kier alpha value is -3.43. The lowest BCUT2D eigenvalue weighted by Gasteiger charge is -2.09.